The fourth-order valence-corrected chi connectivity index (χ4v) is 7.83. The molecule has 4 heteroatoms. The highest BCUT2D eigenvalue weighted by Crippen LogP contribution is 2.52. The molecule has 0 amide bonds. The Kier molecular flexibility index (Phi) is 5.39. The van der Waals surface area contributed by atoms with E-state index in [1.54, 1.807) is 0 Å². The highest BCUT2D eigenvalue weighted by molar-refractivity contribution is 6.06. The number of fused-ring (bicyclic) bond motifs is 9. The SMILES string of the molecule is CC1(C)Oc2ccc(-c3ccc4oc5ccccc5c4c3)cc2C2=CC=C(c3ccc4c(c3)C3C=CC=CC3(C)O4)CC2(C)O1. The van der Waals surface area contributed by atoms with E-state index in [1.165, 1.54) is 16.7 Å². The van der Waals surface area contributed by atoms with E-state index in [9.17, 15) is 0 Å². The van der Waals surface area contributed by atoms with Gasteiger partial charge in [-0.2, -0.15) is 0 Å². The quantitative estimate of drug-likeness (QED) is 0.205. The van der Waals surface area contributed by atoms with Crippen molar-refractivity contribution in [2.45, 2.75) is 57.0 Å². The molecule has 0 spiro atoms. The van der Waals surface area contributed by atoms with E-state index >= 15 is 0 Å². The number of rotatable bonds is 2. The molecule has 3 atom stereocenters. The second kappa shape index (κ2) is 9.12. The summed E-state index contributed by atoms with van der Waals surface area (Å²) in [6.45, 7) is 8.37. The lowest BCUT2D eigenvalue weighted by molar-refractivity contribution is -0.200. The molecule has 5 aromatic rings. The minimum Gasteiger partial charge on any atom is -0.482 e. The monoisotopic (exact) mass is 590 g/mol. The van der Waals surface area contributed by atoms with Crippen molar-refractivity contribution in [2.75, 3.05) is 0 Å². The van der Waals surface area contributed by atoms with Crippen LogP contribution in [0.25, 0.3) is 44.2 Å². The van der Waals surface area contributed by atoms with Crippen LogP contribution in [0.1, 0.15) is 56.7 Å². The molecule has 3 heterocycles. The molecular formula is C41H34O4. The van der Waals surface area contributed by atoms with E-state index in [4.69, 9.17) is 18.6 Å². The maximum Gasteiger partial charge on any atom is 0.205 e. The van der Waals surface area contributed by atoms with E-state index < -0.39 is 11.4 Å². The third kappa shape index (κ3) is 4.09. The van der Waals surface area contributed by atoms with Crippen LogP contribution < -0.4 is 9.47 Å². The van der Waals surface area contributed by atoms with Crippen molar-refractivity contribution in [3.8, 4) is 22.6 Å². The minimum atomic E-state index is -0.815. The van der Waals surface area contributed by atoms with Gasteiger partial charge in [-0.1, -0.05) is 66.8 Å². The van der Waals surface area contributed by atoms with Crippen molar-refractivity contribution < 1.29 is 18.6 Å². The van der Waals surface area contributed by atoms with Gasteiger partial charge in [-0.25, -0.2) is 0 Å². The normalized spacial score (nSPS) is 25.7. The van der Waals surface area contributed by atoms with Crippen molar-refractivity contribution in [3.63, 3.8) is 0 Å². The van der Waals surface area contributed by atoms with Gasteiger partial charge in [0.2, 0.25) is 5.79 Å². The lowest BCUT2D eigenvalue weighted by atomic mass is 9.77. The van der Waals surface area contributed by atoms with Crippen LogP contribution in [0.2, 0.25) is 0 Å². The molecule has 0 saturated heterocycles. The van der Waals surface area contributed by atoms with Crippen LogP contribution in [0.4, 0.5) is 0 Å². The van der Waals surface area contributed by atoms with Crippen LogP contribution in [-0.2, 0) is 4.74 Å². The second-order valence-corrected chi connectivity index (χ2v) is 13.6. The van der Waals surface area contributed by atoms with Crippen LogP contribution in [0.5, 0.6) is 11.5 Å². The number of ether oxygens (including phenoxy) is 3. The van der Waals surface area contributed by atoms with E-state index in [-0.39, 0.29) is 11.5 Å². The van der Waals surface area contributed by atoms with Gasteiger partial charge in [-0.15, -0.1) is 0 Å². The molecule has 1 aromatic heterocycles. The summed E-state index contributed by atoms with van der Waals surface area (Å²) in [4.78, 5) is 0. The lowest BCUT2D eigenvalue weighted by Gasteiger charge is -2.39. The first-order valence-electron chi connectivity index (χ1n) is 15.7. The van der Waals surface area contributed by atoms with Crippen LogP contribution >= 0.6 is 0 Å². The van der Waals surface area contributed by atoms with Gasteiger partial charge in [0.25, 0.3) is 0 Å². The molecule has 2 aliphatic heterocycles. The number of hydrogen-bond donors (Lipinski definition) is 0. The predicted molar refractivity (Wildman–Crippen MR) is 180 cm³/mol. The molecule has 0 fully saturated rings. The van der Waals surface area contributed by atoms with Gasteiger partial charge in [-0.3, -0.25) is 0 Å². The first-order chi connectivity index (χ1) is 21.7. The van der Waals surface area contributed by atoms with Gasteiger partial charge in [-0.05, 0) is 90.2 Å². The van der Waals surface area contributed by atoms with Gasteiger partial charge >= 0.3 is 0 Å². The van der Waals surface area contributed by atoms with Gasteiger partial charge in [0.1, 0.15) is 28.3 Å². The van der Waals surface area contributed by atoms with Gasteiger partial charge in [0.05, 0.1) is 5.60 Å². The van der Waals surface area contributed by atoms with Crippen molar-refractivity contribution in [1.29, 1.82) is 0 Å². The fraction of sp³-hybridized carbons (Fsp3) is 0.220. The highest BCUT2D eigenvalue weighted by Gasteiger charge is 2.45. The van der Waals surface area contributed by atoms with Gasteiger partial charge in [0, 0.05) is 48.1 Å². The molecule has 9 rings (SSSR count). The zero-order chi connectivity index (χ0) is 30.6. The Morgan fingerprint density at radius 3 is 2.38 bits per heavy atom. The predicted octanol–water partition coefficient (Wildman–Crippen LogP) is 10.4. The number of allylic oxidation sites excluding steroid dienone is 4. The summed E-state index contributed by atoms with van der Waals surface area (Å²) < 4.78 is 25.9. The summed E-state index contributed by atoms with van der Waals surface area (Å²) in [5.74, 6) is 1.18. The third-order valence-electron chi connectivity index (χ3n) is 9.86. The maximum absolute atomic E-state index is 6.87. The molecule has 4 aromatic carbocycles. The average Bonchev–Trinajstić information content (AvgIpc) is 3.51. The Balaban J connectivity index is 1.14. The van der Waals surface area contributed by atoms with Crippen molar-refractivity contribution >= 4 is 33.1 Å². The fourth-order valence-electron chi connectivity index (χ4n) is 7.83. The zero-order valence-corrected chi connectivity index (χ0v) is 25.9. The Labute approximate surface area is 262 Å². The third-order valence-corrected chi connectivity index (χ3v) is 9.86. The van der Waals surface area contributed by atoms with E-state index in [1.807, 2.05) is 26.0 Å². The minimum absolute atomic E-state index is 0.203. The van der Waals surface area contributed by atoms with Crippen molar-refractivity contribution in [1.82, 2.24) is 0 Å². The molecule has 0 N–H and O–H groups in total. The standard InChI is InChI=1S/C41H34O4/c1-39(2)43-37-18-14-26(25-13-17-36-30(21-25)29-9-5-6-11-35(29)42-36)22-32(37)34-16-12-28(24-41(34,4)45-39)27-15-19-38-31(23-27)33-10-7-8-20-40(33,3)44-38/h5-23,33H,24H2,1-4H3. The number of para-hydroxylation sites is 1. The van der Waals surface area contributed by atoms with E-state index in [0.29, 0.717) is 0 Å². The van der Waals surface area contributed by atoms with Gasteiger partial charge in [0.15, 0.2) is 0 Å². The molecular weight excluding hydrogens is 556 g/mol. The Morgan fingerprint density at radius 2 is 1.47 bits per heavy atom. The summed E-state index contributed by atoms with van der Waals surface area (Å²) in [6.07, 6.45) is 13.8. The van der Waals surface area contributed by atoms with E-state index in [2.05, 4.69) is 117 Å². The number of furan rings is 1. The average molecular weight is 591 g/mol. The Hall–Kier alpha value is -4.80. The molecule has 0 bridgehead atoms. The molecule has 4 nitrogen and oxygen atoms in total. The van der Waals surface area contributed by atoms with Crippen LogP contribution in [0.15, 0.2) is 120 Å². The molecule has 0 saturated carbocycles. The van der Waals surface area contributed by atoms with Gasteiger partial charge < -0.3 is 18.6 Å². The first-order valence-corrected chi connectivity index (χ1v) is 15.7. The Morgan fingerprint density at radius 1 is 0.689 bits per heavy atom. The number of benzene rings is 4. The molecule has 3 unspecified atom stereocenters. The summed E-state index contributed by atoms with van der Waals surface area (Å²) in [6, 6.07) is 27.7. The highest BCUT2D eigenvalue weighted by atomic mass is 16.7. The maximum atomic E-state index is 6.87. The zero-order valence-electron chi connectivity index (χ0n) is 25.9. The molecule has 45 heavy (non-hydrogen) atoms. The molecule has 4 aliphatic rings. The van der Waals surface area contributed by atoms with Crippen LogP contribution in [-0.4, -0.2) is 17.0 Å². The topological polar surface area (TPSA) is 40.8 Å². The van der Waals surface area contributed by atoms with Crippen LogP contribution in [0, 0.1) is 0 Å². The van der Waals surface area contributed by atoms with Crippen molar-refractivity contribution in [3.05, 3.63) is 132 Å². The number of hydrogen-bond acceptors (Lipinski definition) is 4. The molecule has 0 radical (unpaired) electrons. The van der Waals surface area contributed by atoms with Crippen molar-refractivity contribution in [2.24, 2.45) is 0 Å². The smallest absolute Gasteiger partial charge is 0.205 e. The van der Waals surface area contributed by atoms with Crippen LogP contribution in [0.3, 0.4) is 0 Å². The summed E-state index contributed by atoms with van der Waals surface area (Å²) in [7, 11) is 0. The Bertz CT molecular complexity index is 2190. The summed E-state index contributed by atoms with van der Waals surface area (Å²) in [5, 5.41) is 2.24. The second-order valence-electron chi connectivity index (χ2n) is 13.6. The van der Waals surface area contributed by atoms with E-state index in [0.717, 1.165) is 62.1 Å². The molecule has 222 valence electrons. The lowest BCUT2D eigenvalue weighted by Crippen LogP contribution is -2.42. The largest absolute Gasteiger partial charge is 0.482 e. The summed E-state index contributed by atoms with van der Waals surface area (Å²) in [5.41, 5.74) is 8.98. The molecule has 2 aliphatic carbocycles. The first kappa shape index (κ1) is 26.6. The summed E-state index contributed by atoms with van der Waals surface area (Å²) >= 11 is 0.